The number of alkyl halides is 2. The molecule has 0 radical (unpaired) electrons. The fraction of sp³-hybridized carbons (Fsp3) is 1.00. The van der Waals surface area contributed by atoms with Gasteiger partial charge in [0.2, 0.25) is 0 Å². The van der Waals surface area contributed by atoms with Crippen LogP contribution in [0.25, 0.3) is 0 Å². The number of aliphatic hydroxyl groups is 1. The van der Waals surface area contributed by atoms with Gasteiger partial charge in [-0.15, -0.1) is 0 Å². The molecule has 0 saturated heterocycles. The van der Waals surface area contributed by atoms with Crippen LogP contribution in [0.2, 0.25) is 0 Å². The van der Waals surface area contributed by atoms with Gasteiger partial charge in [-0.25, -0.2) is 8.78 Å². The average Bonchev–Trinajstić information content (AvgIpc) is 2.26. The van der Waals surface area contributed by atoms with Gasteiger partial charge in [0.1, 0.15) is 0 Å². The fourth-order valence-corrected chi connectivity index (χ4v) is 2.12. The number of hydrogen-bond acceptors (Lipinski definition) is 2. The monoisotopic (exact) mass is 207 g/mol. The van der Waals surface area contributed by atoms with Gasteiger partial charge in [-0.05, 0) is 40.0 Å². The second kappa shape index (κ2) is 3.74. The van der Waals surface area contributed by atoms with Crippen LogP contribution in [0.3, 0.4) is 0 Å². The SMILES string of the molecule is CC(NC1(C)CCCC1(C)O)C(F)F. The first-order valence-corrected chi connectivity index (χ1v) is 5.07. The van der Waals surface area contributed by atoms with Crippen LogP contribution in [0.5, 0.6) is 0 Å². The minimum atomic E-state index is -2.39. The first-order valence-electron chi connectivity index (χ1n) is 5.07. The molecule has 3 atom stereocenters. The zero-order chi connectivity index (χ0) is 11.0. The summed E-state index contributed by atoms with van der Waals surface area (Å²) in [5.74, 6) is 0. The lowest BCUT2D eigenvalue weighted by molar-refractivity contribution is -0.0237. The van der Waals surface area contributed by atoms with Crippen molar-refractivity contribution < 1.29 is 13.9 Å². The van der Waals surface area contributed by atoms with Crippen molar-refractivity contribution in [2.24, 2.45) is 0 Å². The van der Waals surface area contributed by atoms with Crippen LogP contribution >= 0.6 is 0 Å². The zero-order valence-electron chi connectivity index (χ0n) is 8.98. The molecule has 3 unspecified atom stereocenters. The third kappa shape index (κ3) is 2.06. The van der Waals surface area contributed by atoms with Crippen LogP contribution in [0.4, 0.5) is 8.78 Å². The molecule has 4 heteroatoms. The maximum Gasteiger partial charge on any atom is 0.253 e. The Morgan fingerprint density at radius 1 is 1.29 bits per heavy atom. The fourth-order valence-electron chi connectivity index (χ4n) is 2.12. The van der Waals surface area contributed by atoms with Gasteiger partial charge in [0.15, 0.2) is 0 Å². The van der Waals surface area contributed by atoms with E-state index in [1.807, 2.05) is 6.92 Å². The summed E-state index contributed by atoms with van der Waals surface area (Å²) in [5.41, 5.74) is -1.46. The van der Waals surface area contributed by atoms with E-state index in [4.69, 9.17) is 0 Å². The molecule has 0 heterocycles. The number of nitrogens with one attached hydrogen (secondary N) is 1. The summed E-state index contributed by atoms with van der Waals surface area (Å²) in [6, 6.07) is -0.871. The Morgan fingerprint density at radius 3 is 2.21 bits per heavy atom. The summed E-state index contributed by atoms with van der Waals surface area (Å²) in [4.78, 5) is 0. The average molecular weight is 207 g/mol. The van der Waals surface area contributed by atoms with E-state index >= 15 is 0 Å². The first kappa shape index (κ1) is 11.9. The van der Waals surface area contributed by atoms with Crippen molar-refractivity contribution in [2.75, 3.05) is 0 Å². The molecule has 1 rings (SSSR count). The Kier molecular flexibility index (Phi) is 3.17. The Labute approximate surface area is 83.7 Å². The van der Waals surface area contributed by atoms with Crippen LogP contribution in [-0.2, 0) is 0 Å². The van der Waals surface area contributed by atoms with Crippen LogP contribution < -0.4 is 5.32 Å². The molecule has 1 fully saturated rings. The molecule has 0 bridgehead atoms. The second-order valence-electron chi connectivity index (χ2n) is 4.73. The van der Waals surface area contributed by atoms with E-state index in [9.17, 15) is 13.9 Å². The largest absolute Gasteiger partial charge is 0.388 e. The lowest BCUT2D eigenvalue weighted by Gasteiger charge is -2.40. The smallest absolute Gasteiger partial charge is 0.253 e. The summed E-state index contributed by atoms with van der Waals surface area (Å²) in [6.45, 7) is 4.98. The highest BCUT2D eigenvalue weighted by molar-refractivity contribution is 5.06. The molecule has 2 nitrogen and oxygen atoms in total. The molecular formula is C10H19F2NO. The summed E-state index contributed by atoms with van der Waals surface area (Å²) in [6.07, 6.45) is -0.0843. The second-order valence-corrected chi connectivity index (χ2v) is 4.73. The Bertz CT molecular complexity index is 208. The standard InChI is InChI=1S/C10H19F2NO/c1-7(8(11)12)13-9(2)5-4-6-10(9,3)14/h7-8,13-14H,4-6H2,1-3H3. The van der Waals surface area contributed by atoms with Crippen LogP contribution in [-0.4, -0.2) is 28.7 Å². The van der Waals surface area contributed by atoms with E-state index in [2.05, 4.69) is 5.32 Å². The van der Waals surface area contributed by atoms with Crippen LogP contribution in [0.15, 0.2) is 0 Å². The first-order chi connectivity index (χ1) is 6.28. The lowest BCUT2D eigenvalue weighted by atomic mass is 9.85. The number of hydrogen-bond donors (Lipinski definition) is 2. The molecule has 0 spiro atoms. The van der Waals surface area contributed by atoms with E-state index < -0.39 is 23.6 Å². The van der Waals surface area contributed by atoms with Crippen molar-refractivity contribution in [1.29, 1.82) is 0 Å². The molecule has 84 valence electrons. The predicted molar refractivity (Wildman–Crippen MR) is 51.5 cm³/mol. The topological polar surface area (TPSA) is 32.3 Å². The van der Waals surface area contributed by atoms with E-state index in [0.717, 1.165) is 12.8 Å². The van der Waals surface area contributed by atoms with Gasteiger partial charge in [-0.3, -0.25) is 0 Å². The van der Waals surface area contributed by atoms with Crippen molar-refractivity contribution in [2.45, 2.75) is 63.6 Å². The molecule has 0 aromatic heterocycles. The van der Waals surface area contributed by atoms with E-state index in [0.29, 0.717) is 6.42 Å². The van der Waals surface area contributed by atoms with Crippen molar-refractivity contribution in [3.05, 3.63) is 0 Å². The normalized spacial score (nSPS) is 40.5. The van der Waals surface area contributed by atoms with E-state index in [-0.39, 0.29) is 0 Å². The number of halogens is 2. The maximum atomic E-state index is 12.4. The molecule has 0 aromatic rings. The van der Waals surface area contributed by atoms with Gasteiger partial charge >= 0.3 is 0 Å². The molecule has 14 heavy (non-hydrogen) atoms. The van der Waals surface area contributed by atoms with Gasteiger partial charge in [0.05, 0.1) is 11.6 Å². The quantitative estimate of drug-likeness (QED) is 0.741. The Balaban J connectivity index is 2.66. The minimum Gasteiger partial charge on any atom is -0.388 e. The van der Waals surface area contributed by atoms with Crippen LogP contribution in [0, 0.1) is 0 Å². The summed E-state index contributed by atoms with van der Waals surface area (Å²) in [7, 11) is 0. The molecule has 1 saturated carbocycles. The summed E-state index contributed by atoms with van der Waals surface area (Å²) >= 11 is 0. The molecule has 2 N–H and O–H groups in total. The molecule has 1 aliphatic rings. The third-order valence-corrected chi connectivity index (χ3v) is 3.45. The molecule has 0 aromatic carbocycles. The van der Waals surface area contributed by atoms with E-state index in [1.54, 1.807) is 6.92 Å². The van der Waals surface area contributed by atoms with Crippen LogP contribution in [0.1, 0.15) is 40.0 Å². The molecular weight excluding hydrogens is 188 g/mol. The van der Waals surface area contributed by atoms with Crippen molar-refractivity contribution in [1.82, 2.24) is 5.32 Å². The number of rotatable bonds is 3. The van der Waals surface area contributed by atoms with Gasteiger partial charge in [0, 0.05) is 5.54 Å². The molecule has 1 aliphatic carbocycles. The van der Waals surface area contributed by atoms with Crippen molar-refractivity contribution >= 4 is 0 Å². The Morgan fingerprint density at radius 2 is 1.86 bits per heavy atom. The highest BCUT2D eigenvalue weighted by atomic mass is 19.3. The molecule has 0 aliphatic heterocycles. The summed E-state index contributed by atoms with van der Waals surface area (Å²) < 4.78 is 24.7. The predicted octanol–water partition coefficient (Wildman–Crippen LogP) is 1.92. The Hall–Kier alpha value is -0.220. The summed E-state index contributed by atoms with van der Waals surface area (Å²) in [5, 5.41) is 12.9. The van der Waals surface area contributed by atoms with Gasteiger partial charge in [-0.2, -0.15) is 0 Å². The third-order valence-electron chi connectivity index (χ3n) is 3.45. The van der Waals surface area contributed by atoms with Gasteiger partial charge in [0.25, 0.3) is 6.43 Å². The van der Waals surface area contributed by atoms with Gasteiger partial charge in [-0.1, -0.05) is 0 Å². The highest BCUT2D eigenvalue weighted by Crippen LogP contribution is 2.39. The van der Waals surface area contributed by atoms with E-state index in [1.165, 1.54) is 6.92 Å². The van der Waals surface area contributed by atoms with Crippen molar-refractivity contribution in [3.8, 4) is 0 Å². The minimum absolute atomic E-state index is 0.581. The molecule has 0 amide bonds. The van der Waals surface area contributed by atoms with Gasteiger partial charge < -0.3 is 10.4 Å². The maximum absolute atomic E-state index is 12.4. The zero-order valence-corrected chi connectivity index (χ0v) is 8.98. The highest BCUT2D eigenvalue weighted by Gasteiger charge is 2.48. The van der Waals surface area contributed by atoms with Crippen molar-refractivity contribution in [3.63, 3.8) is 0 Å². The lowest BCUT2D eigenvalue weighted by Crippen LogP contribution is -2.59.